The van der Waals surface area contributed by atoms with Gasteiger partial charge in [0.1, 0.15) is 30.4 Å². The largest absolute Gasteiger partial charge is 0.503 e. The molecule has 0 atom stereocenters. The minimum absolute atomic E-state index is 0.0840. The Kier molecular flexibility index (Phi) is 7.34. The number of nitrogens with zero attached hydrogens (tertiary/aromatic N) is 4. The minimum atomic E-state index is -0.613. The number of esters is 1. The van der Waals surface area contributed by atoms with Gasteiger partial charge in [0.2, 0.25) is 0 Å². The lowest BCUT2D eigenvalue weighted by Gasteiger charge is -2.11. The van der Waals surface area contributed by atoms with E-state index in [0.717, 1.165) is 0 Å². The summed E-state index contributed by atoms with van der Waals surface area (Å²) in [6.45, 7) is 5.10. The van der Waals surface area contributed by atoms with Gasteiger partial charge in [-0.25, -0.2) is 9.78 Å². The highest BCUT2D eigenvalue weighted by molar-refractivity contribution is 6.40. The van der Waals surface area contributed by atoms with Crippen molar-refractivity contribution >= 4 is 23.0 Å². The summed E-state index contributed by atoms with van der Waals surface area (Å²) in [6.07, 6.45) is 2.54. The number of carbonyl (C=O) groups is 1. The Morgan fingerprint density at radius 1 is 1.12 bits per heavy atom. The van der Waals surface area contributed by atoms with Crippen molar-refractivity contribution in [2.75, 3.05) is 21.3 Å². The van der Waals surface area contributed by atoms with Crippen LogP contribution in [0.2, 0.25) is 0 Å². The van der Waals surface area contributed by atoms with E-state index in [1.165, 1.54) is 33.9 Å². The van der Waals surface area contributed by atoms with E-state index in [-0.39, 0.29) is 11.5 Å². The van der Waals surface area contributed by atoms with Gasteiger partial charge in [-0.1, -0.05) is 10.3 Å². The van der Waals surface area contributed by atoms with Crippen LogP contribution in [0.15, 0.2) is 22.9 Å². The van der Waals surface area contributed by atoms with Crippen LogP contribution in [-0.4, -0.2) is 48.7 Å². The van der Waals surface area contributed by atoms with Crippen LogP contribution in [0.5, 0.6) is 5.88 Å². The molecule has 1 rings (SSSR count). The van der Waals surface area contributed by atoms with E-state index in [0.29, 0.717) is 22.7 Å². The van der Waals surface area contributed by atoms with Crippen molar-refractivity contribution in [3.05, 3.63) is 23.8 Å². The summed E-state index contributed by atoms with van der Waals surface area (Å²) in [5.74, 6) is -0.529. The van der Waals surface area contributed by atoms with Crippen LogP contribution >= 0.6 is 0 Å². The Morgan fingerprint density at radius 3 is 2.38 bits per heavy atom. The first-order chi connectivity index (χ1) is 11.5. The second kappa shape index (κ2) is 9.23. The van der Waals surface area contributed by atoms with Crippen LogP contribution in [0, 0.1) is 6.92 Å². The van der Waals surface area contributed by atoms with Gasteiger partial charge in [0.05, 0.1) is 31.7 Å². The average molecular weight is 336 g/mol. The Bertz CT molecular complexity index is 682. The molecule has 0 aliphatic rings. The third kappa shape index (κ3) is 4.77. The maximum Gasteiger partial charge on any atom is 0.341 e. The van der Waals surface area contributed by atoms with Crippen molar-refractivity contribution in [1.82, 2.24) is 9.97 Å². The van der Waals surface area contributed by atoms with Gasteiger partial charge < -0.3 is 19.1 Å². The Labute approximate surface area is 140 Å². The predicted octanol–water partition coefficient (Wildman–Crippen LogP) is 1.72. The van der Waals surface area contributed by atoms with E-state index in [9.17, 15) is 4.79 Å². The van der Waals surface area contributed by atoms with Crippen LogP contribution in [0.3, 0.4) is 0 Å². The Morgan fingerprint density at radius 2 is 1.79 bits per heavy atom. The van der Waals surface area contributed by atoms with E-state index in [2.05, 4.69) is 25.1 Å². The highest BCUT2D eigenvalue weighted by atomic mass is 16.6. The fourth-order valence-corrected chi connectivity index (χ4v) is 1.65. The zero-order chi connectivity index (χ0) is 18.1. The van der Waals surface area contributed by atoms with Crippen molar-refractivity contribution in [2.45, 2.75) is 20.8 Å². The first-order valence-electron chi connectivity index (χ1n) is 6.89. The molecule has 130 valence electrons. The molecule has 0 aromatic carbocycles. The number of aryl methyl sites for hydroxylation is 1. The molecule has 1 aromatic rings. The molecule has 0 spiro atoms. The maximum absolute atomic E-state index is 12.0. The third-order valence-corrected chi connectivity index (χ3v) is 2.93. The first kappa shape index (κ1) is 19.1. The van der Waals surface area contributed by atoms with Gasteiger partial charge in [0, 0.05) is 0 Å². The molecular weight excluding hydrogens is 316 g/mol. The zero-order valence-electron chi connectivity index (χ0n) is 14.5. The predicted molar refractivity (Wildman–Crippen MR) is 87.6 cm³/mol. The number of oxime groups is 2. The average Bonchev–Trinajstić information content (AvgIpc) is 2.57. The summed E-state index contributed by atoms with van der Waals surface area (Å²) in [4.78, 5) is 30.1. The lowest BCUT2D eigenvalue weighted by Crippen LogP contribution is -2.11. The Balaban J connectivity index is 3.30. The number of hydrogen-bond acceptors (Lipinski definition) is 9. The van der Waals surface area contributed by atoms with Gasteiger partial charge in [-0.3, -0.25) is 0 Å². The number of aromatic nitrogens is 2. The summed E-state index contributed by atoms with van der Waals surface area (Å²) in [7, 11) is 4.11. The number of ether oxygens (including phenoxy) is 2. The zero-order valence-corrected chi connectivity index (χ0v) is 14.5. The SMILES string of the molecule is COC=C(C(=O)OC)c1c(C)ncnc1ON=C(C)C(C)=NOC. The van der Waals surface area contributed by atoms with E-state index in [4.69, 9.17) is 14.3 Å². The quantitative estimate of drug-likeness (QED) is 0.245. The molecule has 0 bridgehead atoms. The normalized spacial score (nSPS) is 12.7. The van der Waals surface area contributed by atoms with E-state index < -0.39 is 5.97 Å². The Hall–Kier alpha value is -2.97. The topological polar surface area (TPSA) is 104 Å². The van der Waals surface area contributed by atoms with Crippen molar-refractivity contribution in [3.63, 3.8) is 0 Å². The minimum Gasteiger partial charge on any atom is -0.503 e. The maximum atomic E-state index is 12.0. The van der Waals surface area contributed by atoms with Crippen LogP contribution in [0.1, 0.15) is 25.1 Å². The van der Waals surface area contributed by atoms with Gasteiger partial charge >= 0.3 is 5.97 Å². The molecule has 24 heavy (non-hydrogen) atoms. The van der Waals surface area contributed by atoms with Crippen LogP contribution < -0.4 is 4.84 Å². The van der Waals surface area contributed by atoms with Gasteiger partial charge in [-0.2, -0.15) is 4.98 Å². The molecule has 0 saturated carbocycles. The molecule has 1 heterocycles. The van der Waals surface area contributed by atoms with Crippen molar-refractivity contribution in [1.29, 1.82) is 0 Å². The van der Waals surface area contributed by atoms with Gasteiger partial charge in [-0.15, -0.1) is 0 Å². The van der Waals surface area contributed by atoms with Gasteiger partial charge in [0.25, 0.3) is 5.88 Å². The number of hydrogen-bond donors (Lipinski definition) is 0. The molecular formula is C15H20N4O5. The second-order valence-corrected chi connectivity index (χ2v) is 4.53. The summed E-state index contributed by atoms with van der Waals surface area (Å²) in [5.41, 5.74) is 1.95. The second-order valence-electron chi connectivity index (χ2n) is 4.53. The summed E-state index contributed by atoms with van der Waals surface area (Å²) >= 11 is 0. The summed E-state index contributed by atoms with van der Waals surface area (Å²) < 4.78 is 9.70. The first-order valence-corrected chi connectivity index (χ1v) is 6.89. The van der Waals surface area contributed by atoms with Gasteiger partial charge in [-0.05, 0) is 20.8 Å². The van der Waals surface area contributed by atoms with Crippen molar-refractivity contribution in [3.8, 4) is 5.88 Å². The molecule has 1 aromatic heterocycles. The lowest BCUT2D eigenvalue weighted by molar-refractivity contribution is -0.133. The van der Waals surface area contributed by atoms with Crippen molar-refractivity contribution in [2.24, 2.45) is 10.3 Å². The standard InChI is InChI=1S/C15H20N4O5/c1-9(18-23-6)10(2)19-24-14-13(11(3)16-8-17-14)12(7-21-4)15(20)22-5/h7-8H,1-6H3. The molecule has 9 heteroatoms. The van der Waals surface area contributed by atoms with E-state index in [1.807, 2.05) is 0 Å². The number of rotatable bonds is 7. The molecule has 0 aliphatic heterocycles. The monoisotopic (exact) mass is 336 g/mol. The van der Waals surface area contributed by atoms with Gasteiger partial charge in [0.15, 0.2) is 0 Å². The van der Waals surface area contributed by atoms with E-state index in [1.54, 1.807) is 20.8 Å². The van der Waals surface area contributed by atoms with E-state index >= 15 is 0 Å². The van der Waals surface area contributed by atoms with Crippen LogP contribution in [-0.2, 0) is 19.1 Å². The fourth-order valence-electron chi connectivity index (χ4n) is 1.65. The van der Waals surface area contributed by atoms with Crippen LogP contribution in [0.25, 0.3) is 5.57 Å². The fraction of sp³-hybridized carbons (Fsp3) is 0.400. The lowest BCUT2D eigenvalue weighted by atomic mass is 10.1. The molecule has 0 fully saturated rings. The van der Waals surface area contributed by atoms with Crippen LogP contribution in [0.4, 0.5) is 0 Å². The molecule has 0 aliphatic carbocycles. The molecule has 0 radical (unpaired) electrons. The number of methoxy groups -OCH3 is 2. The third-order valence-electron chi connectivity index (χ3n) is 2.93. The smallest absolute Gasteiger partial charge is 0.341 e. The highest BCUT2D eigenvalue weighted by Gasteiger charge is 2.22. The highest BCUT2D eigenvalue weighted by Crippen LogP contribution is 2.27. The molecule has 9 nitrogen and oxygen atoms in total. The molecule has 0 saturated heterocycles. The summed E-state index contributed by atoms with van der Waals surface area (Å²) in [5, 5.41) is 7.69. The molecule has 0 amide bonds. The summed E-state index contributed by atoms with van der Waals surface area (Å²) in [6, 6.07) is 0. The number of carbonyl (C=O) groups excluding carboxylic acids is 1. The molecule has 0 unspecified atom stereocenters. The van der Waals surface area contributed by atoms with Crippen molar-refractivity contribution < 1.29 is 23.9 Å². The molecule has 0 N–H and O–H groups in total.